The fraction of sp³-hybridized carbons (Fsp3) is 0.263. The van der Waals surface area contributed by atoms with Crippen LogP contribution in [-0.2, 0) is 0 Å². The maximum absolute atomic E-state index is 5.58. The van der Waals surface area contributed by atoms with Gasteiger partial charge in [0.25, 0.3) is 0 Å². The van der Waals surface area contributed by atoms with Crippen LogP contribution in [0.1, 0.15) is 18.0 Å². The molecule has 3 rings (SSSR count). The SMILES string of the molecule is CNCCC(c1ccccc1)n1ccc2cccc(OC)c21. The topological polar surface area (TPSA) is 26.2 Å². The lowest BCUT2D eigenvalue weighted by Gasteiger charge is -2.21. The Bertz CT molecular complexity index is 734. The van der Waals surface area contributed by atoms with Gasteiger partial charge in [-0.2, -0.15) is 0 Å². The Morgan fingerprint density at radius 3 is 2.59 bits per heavy atom. The largest absolute Gasteiger partial charge is 0.495 e. The number of benzene rings is 2. The number of fused-ring (bicyclic) bond motifs is 1. The van der Waals surface area contributed by atoms with E-state index < -0.39 is 0 Å². The van der Waals surface area contributed by atoms with Gasteiger partial charge in [-0.1, -0.05) is 42.5 Å². The van der Waals surface area contributed by atoms with E-state index in [1.54, 1.807) is 7.11 Å². The Hall–Kier alpha value is -2.26. The Kier molecular flexibility index (Phi) is 4.45. The van der Waals surface area contributed by atoms with E-state index in [9.17, 15) is 0 Å². The van der Waals surface area contributed by atoms with Crippen molar-refractivity contribution in [3.8, 4) is 5.75 Å². The van der Waals surface area contributed by atoms with Gasteiger partial charge in [-0.25, -0.2) is 0 Å². The number of methoxy groups -OCH3 is 1. The van der Waals surface area contributed by atoms with Crippen molar-refractivity contribution in [3.05, 3.63) is 66.4 Å². The van der Waals surface area contributed by atoms with Gasteiger partial charge in [0.15, 0.2) is 0 Å². The van der Waals surface area contributed by atoms with Crippen LogP contribution in [0.5, 0.6) is 5.75 Å². The first kappa shape index (κ1) is 14.7. The van der Waals surface area contributed by atoms with Crippen molar-refractivity contribution in [3.63, 3.8) is 0 Å². The second-order valence-corrected chi connectivity index (χ2v) is 5.44. The average molecular weight is 294 g/mol. The van der Waals surface area contributed by atoms with Crippen molar-refractivity contribution in [2.45, 2.75) is 12.5 Å². The molecular weight excluding hydrogens is 272 g/mol. The van der Waals surface area contributed by atoms with Gasteiger partial charge < -0.3 is 14.6 Å². The molecule has 1 heterocycles. The van der Waals surface area contributed by atoms with Crippen LogP contribution in [0.3, 0.4) is 0 Å². The number of nitrogens with zero attached hydrogens (tertiary/aromatic N) is 1. The Morgan fingerprint density at radius 2 is 1.86 bits per heavy atom. The first-order chi connectivity index (χ1) is 10.8. The van der Waals surface area contributed by atoms with Crippen LogP contribution >= 0.6 is 0 Å². The lowest BCUT2D eigenvalue weighted by Crippen LogP contribution is -2.17. The molecule has 0 amide bonds. The van der Waals surface area contributed by atoms with Crippen LogP contribution < -0.4 is 10.1 Å². The fourth-order valence-corrected chi connectivity index (χ4v) is 3.03. The molecule has 0 bridgehead atoms. The molecule has 0 aliphatic carbocycles. The van der Waals surface area contributed by atoms with Crippen LogP contribution in [0.15, 0.2) is 60.8 Å². The molecule has 1 unspecified atom stereocenters. The molecule has 3 heteroatoms. The molecule has 0 aliphatic rings. The highest BCUT2D eigenvalue weighted by atomic mass is 16.5. The van der Waals surface area contributed by atoms with E-state index in [0.29, 0.717) is 6.04 Å². The number of ether oxygens (including phenoxy) is 1. The van der Waals surface area contributed by atoms with Crippen molar-refractivity contribution >= 4 is 10.9 Å². The van der Waals surface area contributed by atoms with E-state index in [0.717, 1.165) is 24.2 Å². The van der Waals surface area contributed by atoms with Crippen LogP contribution in [0, 0.1) is 0 Å². The number of rotatable bonds is 6. The van der Waals surface area contributed by atoms with Crippen molar-refractivity contribution in [1.82, 2.24) is 9.88 Å². The highest BCUT2D eigenvalue weighted by Gasteiger charge is 2.17. The maximum Gasteiger partial charge on any atom is 0.143 e. The smallest absolute Gasteiger partial charge is 0.143 e. The molecule has 0 saturated carbocycles. The summed E-state index contributed by atoms with van der Waals surface area (Å²) in [6.45, 7) is 0.967. The van der Waals surface area contributed by atoms with E-state index in [1.165, 1.54) is 10.9 Å². The monoisotopic (exact) mass is 294 g/mol. The van der Waals surface area contributed by atoms with Gasteiger partial charge in [0.2, 0.25) is 0 Å². The van der Waals surface area contributed by atoms with E-state index in [2.05, 4.69) is 58.5 Å². The first-order valence-electron chi connectivity index (χ1n) is 7.68. The van der Waals surface area contributed by atoms with Crippen molar-refractivity contribution < 1.29 is 4.74 Å². The van der Waals surface area contributed by atoms with Gasteiger partial charge in [0.1, 0.15) is 5.75 Å². The molecule has 114 valence electrons. The highest BCUT2D eigenvalue weighted by Crippen LogP contribution is 2.32. The predicted molar refractivity (Wildman–Crippen MR) is 91.6 cm³/mol. The third-order valence-electron chi connectivity index (χ3n) is 4.11. The number of nitrogens with one attached hydrogen (secondary N) is 1. The summed E-state index contributed by atoms with van der Waals surface area (Å²) in [5.41, 5.74) is 2.48. The molecule has 0 spiro atoms. The Morgan fingerprint density at radius 1 is 1.05 bits per heavy atom. The minimum atomic E-state index is 0.294. The van der Waals surface area contributed by atoms with Gasteiger partial charge in [0, 0.05) is 11.6 Å². The summed E-state index contributed by atoms with van der Waals surface area (Å²) in [6, 6.07) is 19.3. The second-order valence-electron chi connectivity index (χ2n) is 5.44. The zero-order valence-corrected chi connectivity index (χ0v) is 13.1. The molecule has 1 N–H and O–H groups in total. The molecule has 0 saturated heterocycles. The molecule has 2 aromatic carbocycles. The normalized spacial score (nSPS) is 12.5. The van der Waals surface area contributed by atoms with Crippen molar-refractivity contribution in [1.29, 1.82) is 0 Å². The highest BCUT2D eigenvalue weighted by molar-refractivity contribution is 5.86. The number of hydrogen-bond donors (Lipinski definition) is 1. The minimum absolute atomic E-state index is 0.294. The number of para-hydroxylation sites is 1. The zero-order chi connectivity index (χ0) is 15.4. The standard InChI is InChI=1S/C19H22N2O/c1-20-13-11-17(15-7-4-3-5-8-15)21-14-12-16-9-6-10-18(22-2)19(16)21/h3-10,12,14,17,20H,11,13H2,1-2H3. The maximum atomic E-state index is 5.58. The van der Waals surface area contributed by atoms with Gasteiger partial charge in [0.05, 0.1) is 18.7 Å². The quantitative estimate of drug-likeness (QED) is 0.747. The minimum Gasteiger partial charge on any atom is -0.495 e. The first-order valence-corrected chi connectivity index (χ1v) is 7.68. The Labute approximate surface area is 131 Å². The summed E-state index contributed by atoms with van der Waals surface area (Å²) < 4.78 is 7.91. The van der Waals surface area contributed by atoms with E-state index >= 15 is 0 Å². The summed E-state index contributed by atoms with van der Waals surface area (Å²) in [7, 11) is 3.73. The molecule has 1 atom stereocenters. The summed E-state index contributed by atoms with van der Waals surface area (Å²) in [5.74, 6) is 0.924. The van der Waals surface area contributed by atoms with Crippen LogP contribution in [-0.4, -0.2) is 25.3 Å². The van der Waals surface area contributed by atoms with Gasteiger partial charge >= 0.3 is 0 Å². The number of aromatic nitrogens is 1. The molecule has 0 aliphatic heterocycles. The number of hydrogen-bond acceptors (Lipinski definition) is 2. The lowest BCUT2D eigenvalue weighted by atomic mass is 10.0. The Balaban J connectivity index is 2.12. The summed E-state index contributed by atoms with van der Waals surface area (Å²) in [5, 5.41) is 4.47. The van der Waals surface area contributed by atoms with E-state index in [4.69, 9.17) is 4.74 Å². The van der Waals surface area contributed by atoms with Crippen LogP contribution in [0.2, 0.25) is 0 Å². The molecular formula is C19H22N2O. The third kappa shape index (κ3) is 2.72. The molecule has 0 fully saturated rings. The molecule has 3 aromatic rings. The van der Waals surface area contributed by atoms with Crippen LogP contribution in [0.25, 0.3) is 10.9 Å². The molecule has 3 nitrogen and oxygen atoms in total. The zero-order valence-electron chi connectivity index (χ0n) is 13.1. The molecule has 1 aromatic heterocycles. The van der Waals surface area contributed by atoms with Crippen LogP contribution in [0.4, 0.5) is 0 Å². The van der Waals surface area contributed by atoms with E-state index in [-0.39, 0.29) is 0 Å². The summed E-state index contributed by atoms with van der Waals surface area (Å²) in [4.78, 5) is 0. The van der Waals surface area contributed by atoms with E-state index in [1.807, 2.05) is 19.2 Å². The molecule has 22 heavy (non-hydrogen) atoms. The fourth-order valence-electron chi connectivity index (χ4n) is 3.03. The van der Waals surface area contributed by atoms with Crippen molar-refractivity contribution in [2.75, 3.05) is 20.7 Å². The average Bonchev–Trinajstić information content (AvgIpc) is 3.00. The van der Waals surface area contributed by atoms with Crippen molar-refractivity contribution in [2.24, 2.45) is 0 Å². The van der Waals surface area contributed by atoms with Gasteiger partial charge in [-0.3, -0.25) is 0 Å². The summed E-state index contributed by atoms with van der Waals surface area (Å²) >= 11 is 0. The van der Waals surface area contributed by atoms with Gasteiger partial charge in [-0.15, -0.1) is 0 Å². The van der Waals surface area contributed by atoms with Gasteiger partial charge in [-0.05, 0) is 37.7 Å². The predicted octanol–water partition coefficient (Wildman–Crippen LogP) is 3.85. The summed E-state index contributed by atoms with van der Waals surface area (Å²) in [6.07, 6.45) is 3.20. The molecule has 0 radical (unpaired) electrons. The third-order valence-corrected chi connectivity index (χ3v) is 4.11. The lowest BCUT2D eigenvalue weighted by molar-refractivity contribution is 0.415. The second kappa shape index (κ2) is 6.67.